The summed E-state index contributed by atoms with van der Waals surface area (Å²) in [5, 5.41) is 8.02. The molecule has 8 nitrogen and oxygen atoms in total. The first-order valence-corrected chi connectivity index (χ1v) is 11.4. The van der Waals surface area contributed by atoms with Crippen LogP contribution in [-0.2, 0) is 9.59 Å². The Balaban J connectivity index is 1.37. The van der Waals surface area contributed by atoms with Crippen LogP contribution in [0.15, 0.2) is 34.7 Å². The van der Waals surface area contributed by atoms with E-state index in [1.807, 2.05) is 30.3 Å². The number of nitrogens with one attached hydrogen (secondary N) is 2. The van der Waals surface area contributed by atoms with Crippen molar-refractivity contribution < 1.29 is 14.4 Å². The fourth-order valence-electron chi connectivity index (χ4n) is 3.55. The van der Waals surface area contributed by atoms with Crippen molar-refractivity contribution in [3.05, 3.63) is 34.3 Å². The molecule has 0 atom stereocenters. The highest BCUT2D eigenvalue weighted by Crippen LogP contribution is 2.33. The van der Waals surface area contributed by atoms with Crippen molar-refractivity contribution >= 4 is 53.2 Å². The van der Waals surface area contributed by atoms with E-state index < -0.39 is 17.5 Å². The number of amides is 4. The lowest BCUT2D eigenvalue weighted by molar-refractivity contribution is -0.139. The molecule has 2 heterocycles. The average molecular weight is 450 g/mol. The SMILES string of the molecule is O=C(CSc1nn(-c2ccccc2)c(=S)s1)NN1C(=O)NC2(CCCCC2)C1=O. The van der Waals surface area contributed by atoms with Gasteiger partial charge in [-0.3, -0.25) is 15.0 Å². The number of urea groups is 1. The highest BCUT2D eigenvalue weighted by atomic mass is 32.2. The Bertz CT molecular complexity index is 998. The van der Waals surface area contributed by atoms with Crippen molar-refractivity contribution in [2.75, 3.05) is 5.75 Å². The molecule has 1 saturated heterocycles. The summed E-state index contributed by atoms with van der Waals surface area (Å²) in [5.74, 6) is -0.801. The van der Waals surface area contributed by atoms with E-state index in [0.717, 1.165) is 30.0 Å². The highest BCUT2D eigenvalue weighted by Gasteiger charge is 2.52. The first kappa shape index (κ1) is 20.0. The number of aromatic nitrogens is 2. The van der Waals surface area contributed by atoms with Gasteiger partial charge in [0.15, 0.2) is 8.29 Å². The number of hydrazine groups is 1. The van der Waals surface area contributed by atoms with Crippen LogP contribution in [0.1, 0.15) is 32.1 Å². The minimum Gasteiger partial charge on any atom is -0.322 e. The van der Waals surface area contributed by atoms with E-state index in [-0.39, 0.29) is 11.7 Å². The van der Waals surface area contributed by atoms with Gasteiger partial charge >= 0.3 is 6.03 Å². The molecule has 2 aliphatic rings. The van der Waals surface area contributed by atoms with Crippen LogP contribution in [0, 0.1) is 3.95 Å². The molecule has 1 aromatic heterocycles. The molecule has 4 amide bonds. The number of rotatable bonds is 5. The molecular formula is C18H19N5O3S3. The van der Waals surface area contributed by atoms with Gasteiger partial charge in [0.25, 0.3) is 5.91 Å². The van der Waals surface area contributed by atoms with Gasteiger partial charge in [-0.25, -0.2) is 9.48 Å². The third-order valence-electron chi connectivity index (χ3n) is 4.96. The molecule has 2 N–H and O–H groups in total. The van der Waals surface area contributed by atoms with Crippen molar-refractivity contribution in [2.45, 2.75) is 42.0 Å². The van der Waals surface area contributed by atoms with E-state index in [1.54, 1.807) is 4.68 Å². The Morgan fingerprint density at radius 2 is 1.97 bits per heavy atom. The van der Waals surface area contributed by atoms with Crippen LogP contribution in [-0.4, -0.2) is 43.9 Å². The van der Waals surface area contributed by atoms with Gasteiger partial charge in [0.1, 0.15) is 5.54 Å². The summed E-state index contributed by atoms with van der Waals surface area (Å²) in [6.45, 7) is 0. The third kappa shape index (κ3) is 4.07. The molecule has 0 radical (unpaired) electrons. The van der Waals surface area contributed by atoms with Crippen molar-refractivity contribution in [3.63, 3.8) is 0 Å². The van der Waals surface area contributed by atoms with Gasteiger partial charge in [0.05, 0.1) is 11.4 Å². The van der Waals surface area contributed by atoms with Gasteiger partial charge in [-0.05, 0) is 37.2 Å². The van der Waals surface area contributed by atoms with E-state index in [4.69, 9.17) is 12.2 Å². The van der Waals surface area contributed by atoms with E-state index in [0.29, 0.717) is 21.1 Å². The fraction of sp³-hybridized carbons (Fsp3) is 0.389. The second-order valence-corrected chi connectivity index (χ2v) is 9.76. The molecular weight excluding hydrogens is 430 g/mol. The summed E-state index contributed by atoms with van der Waals surface area (Å²) in [6, 6.07) is 8.93. The molecule has 0 bridgehead atoms. The van der Waals surface area contributed by atoms with Gasteiger partial charge < -0.3 is 5.32 Å². The largest absolute Gasteiger partial charge is 0.344 e. The van der Waals surface area contributed by atoms with Gasteiger partial charge in [0, 0.05) is 0 Å². The molecule has 4 rings (SSSR count). The maximum atomic E-state index is 12.7. The zero-order valence-electron chi connectivity index (χ0n) is 15.4. The molecule has 2 aromatic rings. The number of hydrogen-bond donors (Lipinski definition) is 2. The quantitative estimate of drug-likeness (QED) is 0.414. The Hall–Kier alpha value is -2.24. The average Bonchev–Trinajstić information content (AvgIpc) is 3.20. The fourth-order valence-corrected chi connectivity index (χ4v) is 5.71. The van der Waals surface area contributed by atoms with E-state index in [9.17, 15) is 14.4 Å². The predicted molar refractivity (Wildman–Crippen MR) is 112 cm³/mol. The molecule has 11 heteroatoms. The topological polar surface area (TPSA) is 96.3 Å². The maximum Gasteiger partial charge on any atom is 0.344 e. The molecule has 1 aliphatic carbocycles. The van der Waals surface area contributed by atoms with Gasteiger partial charge in [-0.15, -0.1) is 5.10 Å². The normalized spacial score (nSPS) is 18.1. The Morgan fingerprint density at radius 3 is 2.69 bits per heavy atom. The number of hydrogen-bond acceptors (Lipinski definition) is 7. The number of thioether (sulfide) groups is 1. The zero-order valence-corrected chi connectivity index (χ0v) is 17.9. The molecule has 1 aromatic carbocycles. The Labute approximate surface area is 180 Å². The lowest BCUT2D eigenvalue weighted by Gasteiger charge is -2.30. The van der Waals surface area contributed by atoms with Crippen molar-refractivity contribution in [1.29, 1.82) is 0 Å². The summed E-state index contributed by atoms with van der Waals surface area (Å²) in [7, 11) is 0. The van der Waals surface area contributed by atoms with Crippen LogP contribution < -0.4 is 10.7 Å². The smallest absolute Gasteiger partial charge is 0.322 e. The van der Waals surface area contributed by atoms with Crippen LogP contribution in [0.25, 0.3) is 5.69 Å². The lowest BCUT2D eigenvalue weighted by atomic mass is 9.82. The summed E-state index contributed by atoms with van der Waals surface area (Å²) >= 11 is 7.86. The standard InChI is InChI=1S/C18H19N5O3S3/c24-13(20-23-14(25)18(19-15(23)26)9-5-2-6-10-18)11-28-16-21-22(17(27)29-16)12-7-3-1-4-8-12/h1,3-4,7-8H,2,5-6,9-11H2,(H,19,26)(H,20,24). The highest BCUT2D eigenvalue weighted by molar-refractivity contribution is 8.01. The summed E-state index contributed by atoms with van der Waals surface area (Å²) in [5.41, 5.74) is 2.42. The summed E-state index contributed by atoms with van der Waals surface area (Å²) in [6.07, 6.45) is 4.05. The van der Waals surface area contributed by atoms with Gasteiger partial charge in [0.2, 0.25) is 5.91 Å². The molecule has 29 heavy (non-hydrogen) atoms. The lowest BCUT2D eigenvalue weighted by Crippen LogP contribution is -2.51. The monoisotopic (exact) mass is 449 g/mol. The number of carbonyl (C=O) groups excluding carboxylic acids is 3. The maximum absolute atomic E-state index is 12.7. The zero-order chi connectivity index (χ0) is 20.4. The van der Waals surface area contributed by atoms with Crippen LogP contribution in [0.5, 0.6) is 0 Å². The van der Waals surface area contributed by atoms with Crippen LogP contribution in [0.4, 0.5) is 4.79 Å². The minimum absolute atomic E-state index is 0.0150. The molecule has 152 valence electrons. The molecule has 1 spiro atoms. The Morgan fingerprint density at radius 1 is 1.24 bits per heavy atom. The third-order valence-corrected chi connectivity index (χ3v) is 7.33. The number of imide groups is 1. The van der Waals surface area contributed by atoms with Crippen LogP contribution >= 0.6 is 35.3 Å². The minimum atomic E-state index is -0.858. The summed E-state index contributed by atoms with van der Waals surface area (Å²) in [4.78, 5) is 37.3. The molecule has 1 saturated carbocycles. The van der Waals surface area contributed by atoms with E-state index in [2.05, 4.69) is 15.8 Å². The van der Waals surface area contributed by atoms with Crippen LogP contribution in [0.2, 0.25) is 0 Å². The van der Waals surface area contributed by atoms with E-state index in [1.165, 1.54) is 23.1 Å². The van der Waals surface area contributed by atoms with Crippen LogP contribution in [0.3, 0.4) is 0 Å². The number of para-hydroxylation sites is 1. The molecule has 2 fully saturated rings. The second kappa shape index (κ2) is 8.25. The Kier molecular flexibility index (Phi) is 5.70. The van der Waals surface area contributed by atoms with Gasteiger partial charge in [-0.2, -0.15) is 5.01 Å². The first-order valence-electron chi connectivity index (χ1n) is 9.23. The van der Waals surface area contributed by atoms with Crippen molar-refractivity contribution in [1.82, 2.24) is 25.5 Å². The first-order chi connectivity index (χ1) is 14.0. The molecule has 1 aliphatic heterocycles. The predicted octanol–water partition coefficient (Wildman–Crippen LogP) is 3.04. The number of nitrogens with zero attached hydrogens (tertiary/aromatic N) is 3. The number of carbonyl (C=O) groups is 3. The number of benzene rings is 1. The second-order valence-electron chi connectivity index (χ2n) is 6.92. The summed E-state index contributed by atoms with van der Waals surface area (Å²) < 4.78 is 2.85. The van der Waals surface area contributed by atoms with Crippen molar-refractivity contribution in [3.8, 4) is 5.69 Å². The molecule has 0 unspecified atom stereocenters. The van der Waals surface area contributed by atoms with Gasteiger partial charge in [-0.1, -0.05) is 60.6 Å². The van der Waals surface area contributed by atoms with E-state index >= 15 is 0 Å². The van der Waals surface area contributed by atoms with Crippen molar-refractivity contribution in [2.24, 2.45) is 0 Å².